The Morgan fingerprint density at radius 3 is 2.67 bits per heavy atom. The third-order valence-electron chi connectivity index (χ3n) is 2.42. The van der Waals surface area contributed by atoms with Gasteiger partial charge in [0.05, 0.1) is 12.4 Å². The van der Waals surface area contributed by atoms with E-state index in [1.165, 1.54) is 6.07 Å². The fourth-order valence-corrected chi connectivity index (χ4v) is 1.46. The predicted molar refractivity (Wildman–Crippen MR) is 63.5 cm³/mol. The molecule has 0 saturated heterocycles. The first kappa shape index (κ1) is 12.1. The van der Waals surface area contributed by atoms with Crippen LogP contribution in [0.3, 0.4) is 0 Å². The van der Waals surface area contributed by atoms with Gasteiger partial charge in [-0.2, -0.15) is 0 Å². The second-order valence-electron chi connectivity index (χ2n) is 3.69. The van der Waals surface area contributed by atoms with Gasteiger partial charge in [0.25, 0.3) is 0 Å². The smallest absolute Gasteiger partial charge is 0.183 e. The molecule has 2 heterocycles. The van der Waals surface area contributed by atoms with Crippen LogP contribution in [0.2, 0.25) is 0 Å². The number of pyridine rings is 1. The van der Waals surface area contributed by atoms with Gasteiger partial charge in [-0.15, -0.1) is 0 Å². The Morgan fingerprint density at radius 2 is 2.00 bits per heavy atom. The van der Waals surface area contributed by atoms with Gasteiger partial charge in [-0.05, 0) is 13.0 Å². The van der Waals surface area contributed by atoms with Gasteiger partial charge in [0, 0.05) is 16.8 Å². The monoisotopic (exact) mass is 248 g/mol. The second-order valence-corrected chi connectivity index (χ2v) is 3.69. The van der Waals surface area contributed by atoms with E-state index < -0.39 is 11.6 Å². The first-order valence-corrected chi connectivity index (χ1v) is 5.09. The van der Waals surface area contributed by atoms with Crippen molar-refractivity contribution in [1.29, 1.82) is 0 Å². The molecule has 0 fully saturated rings. The van der Waals surface area contributed by atoms with Crippen molar-refractivity contribution in [2.45, 2.75) is 6.92 Å². The van der Waals surface area contributed by atoms with E-state index in [0.717, 1.165) is 12.4 Å². The van der Waals surface area contributed by atoms with Crippen molar-refractivity contribution in [2.75, 3.05) is 5.73 Å². The molecule has 0 amide bonds. The van der Waals surface area contributed by atoms with Crippen LogP contribution in [0.5, 0.6) is 0 Å². The van der Waals surface area contributed by atoms with E-state index in [0.29, 0.717) is 16.8 Å². The summed E-state index contributed by atoms with van der Waals surface area (Å²) in [6, 6.07) is 1.27. The van der Waals surface area contributed by atoms with Crippen LogP contribution in [0, 0.1) is 18.6 Å². The SMILES string of the molecule is C=C(c1ncc(F)c(N)n1)c1cc(F)cnc1C. The number of halogens is 2. The molecule has 0 radical (unpaired) electrons. The zero-order chi connectivity index (χ0) is 13.3. The van der Waals surface area contributed by atoms with Gasteiger partial charge in [0.1, 0.15) is 5.82 Å². The van der Waals surface area contributed by atoms with Gasteiger partial charge in [-0.3, -0.25) is 4.98 Å². The first-order chi connectivity index (χ1) is 8.49. The summed E-state index contributed by atoms with van der Waals surface area (Å²) >= 11 is 0. The molecule has 0 saturated carbocycles. The molecule has 0 aliphatic rings. The fraction of sp³-hybridized carbons (Fsp3) is 0.0833. The molecular formula is C12H10F2N4. The number of anilines is 1. The number of rotatable bonds is 2. The van der Waals surface area contributed by atoms with E-state index in [-0.39, 0.29) is 11.6 Å². The largest absolute Gasteiger partial charge is 0.381 e. The minimum atomic E-state index is -0.708. The van der Waals surface area contributed by atoms with Crippen molar-refractivity contribution in [2.24, 2.45) is 0 Å². The summed E-state index contributed by atoms with van der Waals surface area (Å²) < 4.78 is 26.1. The average Bonchev–Trinajstić information content (AvgIpc) is 2.35. The van der Waals surface area contributed by atoms with Crippen LogP contribution in [0.1, 0.15) is 17.1 Å². The lowest BCUT2D eigenvalue weighted by Gasteiger charge is -2.08. The van der Waals surface area contributed by atoms with Gasteiger partial charge in [-0.1, -0.05) is 6.58 Å². The number of hydrogen-bond acceptors (Lipinski definition) is 4. The van der Waals surface area contributed by atoms with Gasteiger partial charge >= 0.3 is 0 Å². The lowest BCUT2D eigenvalue weighted by atomic mass is 10.1. The minimum Gasteiger partial charge on any atom is -0.381 e. The van der Waals surface area contributed by atoms with E-state index in [2.05, 4.69) is 21.5 Å². The standard InChI is InChI=1S/C12H10F2N4/c1-6(9-3-8(13)4-16-7(9)2)12-17-5-10(14)11(15)18-12/h3-5H,1H2,2H3,(H2,15,17,18). The molecule has 92 valence electrons. The summed E-state index contributed by atoms with van der Waals surface area (Å²) in [5.74, 6) is -1.33. The fourth-order valence-electron chi connectivity index (χ4n) is 1.46. The highest BCUT2D eigenvalue weighted by Gasteiger charge is 2.12. The van der Waals surface area contributed by atoms with Crippen molar-refractivity contribution in [3.8, 4) is 0 Å². The van der Waals surface area contributed by atoms with Crippen LogP contribution in [0.15, 0.2) is 25.0 Å². The molecule has 2 N–H and O–H groups in total. The molecule has 0 unspecified atom stereocenters. The molecule has 18 heavy (non-hydrogen) atoms. The van der Waals surface area contributed by atoms with Crippen molar-refractivity contribution < 1.29 is 8.78 Å². The predicted octanol–water partition coefficient (Wildman–Crippen LogP) is 2.10. The van der Waals surface area contributed by atoms with E-state index >= 15 is 0 Å². The van der Waals surface area contributed by atoms with Gasteiger partial charge < -0.3 is 5.73 Å². The summed E-state index contributed by atoms with van der Waals surface area (Å²) in [6.07, 6.45) is 2.05. The summed E-state index contributed by atoms with van der Waals surface area (Å²) in [6.45, 7) is 5.46. The Labute approximate surface area is 102 Å². The Bertz CT molecular complexity index is 625. The zero-order valence-electron chi connectivity index (χ0n) is 9.61. The van der Waals surface area contributed by atoms with Crippen LogP contribution in [0.4, 0.5) is 14.6 Å². The van der Waals surface area contributed by atoms with E-state index in [1.54, 1.807) is 6.92 Å². The molecule has 6 heteroatoms. The van der Waals surface area contributed by atoms with Crippen LogP contribution in [0.25, 0.3) is 5.57 Å². The molecule has 0 atom stereocenters. The van der Waals surface area contributed by atoms with Crippen molar-refractivity contribution in [3.63, 3.8) is 0 Å². The average molecular weight is 248 g/mol. The minimum absolute atomic E-state index is 0.143. The summed E-state index contributed by atoms with van der Waals surface area (Å²) in [7, 11) is 0. The number of aromatic nitrogens is 3. The van der Waals surface area contributed by atoms with E-state index in [1.807, 2.05) is 0 Å². The molecular weight excluding hydrogens is 238 g/mol. The van der Waals surface area contributed by atoms with Gasteiger partial charge in [0.15, 0.2) is 17.5 Å². The maximum absolute atomic E-state index is 13.1. The molecule has 2 aromatic heterocycles. The molecule has 0 bridgehead atoms. The highest BCUT2D eigenvalue weighted by molar-refractivity contribution is 5.75. The molecule has 4 nitrogen and oxygen atoms in total. The number of nitrogens with zero attached hydrogens (tertiary/aromatic N) is 3. The molecule has 2 aromatic rings. The zero-order valence-corrected chi connectivity index (χ0v) is 9.61. The van der Waals surface area contributed by atoms with Crippen molar-refractivity contribution >= 4 is 11.4 Å². The number of nitrogen functional groups attached to an aromatic ring is 1. The normalized spacial score (nSPS) is 10.4. The van der Waals surface area contributed by atoms with Crippen LogP contribution in [-0.4, -0.2) is 15.0 Å². The Balaban J connectivity index is 2.47. The first-order valence-electron chi connectivity index (χ1n) is 5.09. The van der Waals surface area contributed by atoms with Crippen LogP contribution < -0.4 is 5.73 Å². The Morgan fingerprint density at radius 1 is 1.28 bits per heavy atom. The summed E-state index contributed by atoms with van der Waals surface area (Å²) in [5, 5.41) is 0. The van der Waals surface area contributed by atoms with E-state index in [9.17, 15) is 8.78 Å². The maximum atomic E-state index is 13.1. The van der Waals surface area contributed by atoms with Crippen LogP contribution >= 0.6 is 0 Å². The quantitative estimate of drug-likeness (QED) is 0.883. The maximum Gasteiger partial charge on any atom is 0.183 e. The number of hydrogen-bond donors (Lipinski definition) is 1. The Kier molecular flexibility index (Phi) is 3.01. The molecule has 0 aliphatic heterocycles. The topological polar surface area (TPSA) is 64.7 Å². The lowest BCUT2D eigenvalue weighted by Crippen LogP contribution is -2.03. The van der Waals surface area contributed by atoms with Gasteiger partial charge in [0.2, 0.25) is 0 Å². The number of aryl methyl sites for hydroxylation is 1. The Hall–Kier alpha value is -2.37. The van der Waals surface area contributed by atoms with Crippen molar-refractivity contribution in [1.82, 2.24) is 15.0 Å². The highest BCUT2D eigenvalue weighted by Crippen LogP contribution is 2.22. The summed E-state index contributed by atoms with van der Waals surface area (Å²) in [4.78, 5) is 11.4. The highest BCUT2D eigenvalue weighted by atomic mass is 19.1. The molecule has 0 aliphatic carbocycles. The molecule has 0 aromatic carbocycles. The third kappa shape index (κ3) is 2.17. The number of nitrogens with two attached hydrogens (primary N) is 1. The second kappa shape index (κ2) is 4.48. The molecule has 0 spiro atoms. The van der Waals surface area contributed by atoms with Gasteiger partial charge in [-0.25, -0.2) is 18.7 Å². The molecule has 2 rings (SSSR count). The summed E-state index contributed by atoms with van der Waals surface area (Å²) in [5.41, 5.74) is 6.72. The lowest BCUT2D eigenvalue weighted by molar-refractivity contribution is 0.617. The van der Waals surface area contributed by atoms with Crippen LogP contribution in [-0.2, 0) is 0 Å². The van der Waals surface area contributed by atoms with E-state index in [4.69, 9.17) is 5.73 Å². The third-order valence-corrected chi connectivity index (χ3v) is 2.42. The van der Waals surface area contributed by atoms with Crippen molar-refractivity contribution in [3.05, 3.63) is 53.8 Å².